The summed E-state index contributed by atoms with van der Waals surface area (Å²) in [7, 11) is 0. The number of aromatic nitrogens is 2. The smallest absolute Gasteiger partial charge is 0.250 e. The van der Waals surface area contributed by atoms with E-state index in [-0.39, 0.29) is 23.6 Å². The number of carbonyl (C=O) groups is 2. The van der Waals surface area contributed by atoms with Crippen LogP contribution in [0.2, 0.25) is 0 Å². The fourth-order valence-electron chi connectivity index (χ4n) is 3.18. The van der Waals surface area contributed by atoms with Crippen molar-refractivity contribution in [3.63, 3.8) is 0 Å². The van der Waals surface area contributed by atoms with Crippen LogP contribution in [-0.2, 0) is 9.59 Å². The molecule has 1 aromatic heterocycles. The molecule has 0 saturated heterocycles. The van der Waals surface area contributed by atoms with Crippen molar-refractivity contribution in [3.8, 4) is 0 Å². The van der Waals surface area contributed by atoms with Crippen LogP contribution in [0.3, 0.4) is 0 Å². The highest BCUT2D eigenvalue weighted by atomic mass is 32.2. The van der Waals surface area contributed by atoms with Gasteiger partial charge in [-0.25, -0.2) is 0 Å². The van der Waals surface area contributed by atoms with Crippen molar-refractivity contribution in [1.29, 1.82) is 0 Å². The highest BCUT2D eigenvalue weighted by molar-refractivity contribution is 8.01. The Morgan fingerprint density at radius 1 is 0.853 bits per heavy atom. The van der Waals surface area contributed by atoms with Gasteiger partial charge in [-0.05, 0) is 22.8 Å². The maximum Gasteiger partial charge on any atom is 0.250 e. The molecule has 8 heteroatoms. The Balaban J connectivity index is 1.31. The lowest BCUT2D eigenvalue weighted by molar-refractivity contribution is -0.119. The first kappa shape index (κ1) is 23.4. The summed E-state index contributed by atoms with van der Waals surface area (Å²) in [6, 6.07) is 29.0. The van der Waals surface area contributed by atoms with Gasteiger partial charge >= 0.3 is 0 Å². The number of thioether (sulfide) groups is 1. The molecule has 6 nitrogen and oxygen atoms in total. The van der Waals surface area contributed by atoms with E-state index in [0.29, 0.717) is 9.47 Å². The van der Waals surface area contributed by atoms with Crippen LogP contribution in [0.25, 0.3) is 6.08 Å². The Labute approximate surface area is 206 Å². The molecule has 0 fully saturated rings. The third-order valence-corrected chi connectivity index (χ3v) is 6.73. The number of nitrogens with zero attached hydrogens (tertiary/aromatic N) is 2. The van der Waals surface area contributed by atoms with E-state index in [1.807, 2.05) is 91.0 Å². The van der Waals surface area contributed by atoms with Gasteiger partial charge in [-0.3, -0.25) is 14.9 Å². The van der Waals surface area contributed by atoms with Crippen LogP contribution in [0.4, 0.5) is 5.13 Å². The number of anilines is 1. The predicted molar refractivity (Wildman–Crippen MR) is 138 cm³/mol. The van der Waals surface area contributed by atoms with E-state index in [0.717, 1.165) is 16.7 Å². The van der Waals surface area contributed by atoms with Gasteiger partial charge in [0.05, 0.1) is 11.8 Å². The molecule has 0 spiro atoms. The number of nitrogens with one attached hydrogen (secondary N) is 2. The van der Waals surface area contributed by atoms with Gasteiger partial charge in [0.15, 0.2) is 4.34 Å². The highest BCUT2D eigenvalue weighted by Gasteiger charge is 2.17. The van der Waals surface area contributed by atoms with Crippen LogP contribution in [0, 0.1) is 0 Å². The van der Waals surface area contributed by atoms with Crippen LogP contribution >= 0.6 is 23.1 Å². The van der Waals surface area contributed by atoms with Gasteiger partial charge in [-0.15, -0.1) is 10.2 Å². The topological polar surface area (TPSA) is 84.0 Å². The number of benzene rings is 3. The first-order valence-corrected chi connectivity index (χ1v) is 12.4. The second-order valence-electron chi connectivity index (χ2n) is 7.22. The quantitative estimate of drug-likeness (QED) is 0.193. The highest BCUT2D eigenvalue weighted by Crippen LogP contribution is 2.26. The van der Waals surface area contributed by atoms with E-state index in [1.54, 1.807) is 6.08 Å². The minimum Gasteiger partial charge on any atom is -0.344 e. The Kier molecular flexibility index (Phi) is 8.21. The Morgan fingerprint density at radius 2 is 1.44 bits per heavy atom. The molecule has 0 aliphatic carbocycles. The molecule has 34 heavy (non-hydrogen) atoms. The van der Waals surface area contributed by atoms with E-state index >= 15 is 0 Å². The predicted octanol–water partition coefficient (Wildman–Crippen LogP) is 5.19. The molecular formula is C26H22N4O2S2. The molecule has 170 valence electrons. The summed E-state index contributed by atoms with van der Waals surface area (Å²) in [6.45, 7) is 0. The molecular weight excluding hydrogens is 464 g/mol. The monoisotopic (exact) mass is 486 g/mol. The molecule has 2 N–H and O–H groups in total. The van der Waals surface area contributed by atoms with Crippen molar-refractivity contribution >= 4 is 46.1 Å². The van der Waals surface area contributed by atoms with E-state index in [2.05, 4.69) is 20.8 Å². The van der Waals surface area contributed by atoms with E-state index in [9.17, 15) is 9.59 Å². The van der Waals surface area contributed by atoms with Crippen LogP contribution < -0.4 is 10.6 Å². The second-order valence-corrected chi connectivity index (χ2v) is 9.42. The molecule has 0 bridgehead atoms. The SMILES string of the molecule is O=C(/C=C/c1ccccc1)Nc1nnc(SCC(=O)NC(c2ccccc2)c2ccccc2)s1. The fourth-order valence-corrected chi connectivity index (χ4v) is 4.75. The summed E-state index contributed by atoms with van der Waals surface area (Å²) in [4.78, 5) is 24.8. The molecule has 0 radical (unpaired) electrons. The normalized spacial score (nSPS) is 11.0. The molecule has 0 atom stereocenters. The Bertz CT molecular complexity index is 1210. The summed E-state index contributed by atoms with van der Waals surface area (Å²) in [6.07, 6.45) is 3.18. The first-order chi connectivity index (χ1) is 16.7. The van der Waals surface area contributed by atoms with Crippen LogP contribution in [-0.4, -0.2) is 27.8 Å². The summed E-state index contributed by atoms with van der Waals surface area (Å²) >= 11 is 2.51. The summed E-state index contributed by atoms with van der Waals surface area (Å²) in [5.74, 6) is -0.218. The molecule has 0 unspecified atom stereocenters. The average molecular weight is 487 g/mol. The van der Waals surface area contributed by atoms with Gasteiger partial charge in [0.1, 0.15) is 0 Å². The zero-order chi connectivity index (χ0) is 23.6. The first-order valence-electron chi connectivity index (χ1n) is 10.6. The molecule has 3 aromatic carbocycles. The fraction of sp³-hybridized carbons (Fsp3) is 0.0769. The van der Waals surface area contributed by atoms with Crippen molar-refractivity contribution in [3.05, 3.63) is 114 Å². The van der Waals surface area contributed by atoms with Crippen LogP contribution in [0.1, 0.15) is 22.7 Å². The van der Waals surface area contributed by atoms with E-state index < -0.39 is 0 Å². The molecule has 0 saturated carbocycles. The largest absolute Gasteiger partial charge is 0.344 e. The summed E-state index contributed by atoms with van der Waals surface area (Å²) in [5.41, 5.74) is 2.95. The third kappa shape index (κ3) is 6.87. The van der Waals surface area contributed by atoms with Crippen molar-refractivity contribution in [1.82, 2.24) is 15.5 Å². The van der Waals surface area contributed by atoms with Gasteiger partial charge in [0.2, 0.25) is 16.9 Å². The van der Waals surface area contributed by atoms with Gasteiger partial charge in [0.25, 0.3) is 0 Å². The van der Waals surface area contributed by atoms with Crippen molar-refractivity contribution in [2.45, 2.75) is 10.4 Å². The number of hydrogen-bond acceptors (Lipinski definition) is 6. The zero-order valence-electron chi connectivity index (χ0n) is 18.1. The zero-order valence-corrected chi connectivity index (χ0v) is 19.8. The molecule has 4 aromatic rings. The van der Waals surface area contributed by atoms with Crippen molar-refractivity contribution in [2.75, 3.05) is 11.1 Å². The van der Waals surface area contributed by atoms with Crippen LogP contribution in [0.5, 0.6) is 0 Å². The lowest BCUT2D eigenvalue weighted by Crippen LogP contribution is -2.30. The number of carbonyl (C=O) groups excluding carboxylic acids is 2. The number of amides is 2. The molecule has 0 aliphatic rings. The van der Waals surface area contributed by atoms with Gasteiger partial charge in [-0.1, -0.05) is 114 Å². The molecule has 1 heterocycles. The average Bonchev–Trinajstić information content (AvgIpc) is 3.33. The second kappa shape index (κ2) is 11.9. The van der Waals surface area contributed by atoms with Gasteiger partial charge < -0.3 is 5.32 Å². The Hall–Kier alpha value is -3.75. The van der Waals surface area contributed by atoms with Crippen LogP contribution in [0.15, 0.2) is 101 Å². The third-order valence-electron chi connectivity index (χ3n) is 4.76. The lowest BCUT2D eigenvalue weighted by atomic mass is 9.99. The summed E-state index contributed by atoms with van der Waals surface area (Å²) in [5, 5.41) is 14.3. The maximum absolute atomic E-state index is 12.7. The van der Waals surface area contributed by atoms with Gasteiger partial charge in [0, 0.05) is 6.08 Å². The molecule has 4 rings (SSSR count). The van der Waals surface area contributed by atoms with Crippen molar-refractivity contribution in [2.24, 2.45) is 0 Å². The molecule has 2 amide bonds. The summed E-state index contributed by atoms with van der Waals surface area (Å²) < 4.78 is 0.605. The standard InChI is InChI=1S/C26H22N4O2S2/c31-22(17-16-19-10-4-1-5-11-19)28-25-29-30-26(34-25)33-18-23(32)27-24(20-12-6-2-7-13-20)21-14-8-3-9-15-21/h1-17,24H,18H2,(H,27,32)(H,28,29,31)/b17-16+. The van der Waals surface area contributed by atoms with E-state index in [4.69, 9.17) is 0 Å². The van der Waals surface area contributed by atoms with E-state index in [1.165, 1.54) is 29.2 Å². The lowest BCUT2D eigenvalue weighted by Gasteiger charge is -2.19. The minimum absolute atomic E-state index is 0.116. The van der Waals surface area contributed by atoms with Gasteiger partial charge in [-0.2, -0.15) is 0 Å². The maximum atomic E-state index is 12.7. The minimum atomic E-state index is -0.289. The van der Waals surface area contributed by atoms with Crippen molar-refractivity contribution < 1.29 is 9.59 Å². The molecule has 0 aliphatic heterocycles. The Morgan fingerprint density at radius 3 is 2.06 bits per heavy atom. The number of hydrogen-bond donors (Lipinski definition) is 2. The number of rotatable bonds is 9.